The minimum atomic E-state index is -4.13. The molecule has 0 bridgehead atoms. The molecule has 0 aromatic rings. The Labute approximate surface area is 74.7 Å². The van der Waals surface area contributed by atoms with Crippen LogP contribution >= 0.6 is 0 Å². The van der Waals surface area contributed by atoms with Crippen LogP contribution in [0.15, 0.2) is 0 Å². The zero-order valence-corrected chi connectivity index (χ0v) is 7.37. The molecule has 0 saturated heterocycles. The quantitative estimate of drug-likeness (QED) is 0.637. The van der Waals surface area contributed by atoms with Crippen molar-refractivity contribution in [1.29, 1.82) is 0 Å². The van der Waals surface area contributed by atoms with Crippen LogP contribution in [-0.4, -0.2) is 32.2 Å². The van der Waals surface area contributed by atoms with Crippen LogP contribution in [0.25, 0.3) is 0 Å². The predicted octanol–water partition coefficient (Wildman–Crippen LogP) is 0.664. The van der Waals surface area contributed by atoms with Crippen molar-refractivity contribution in [1.82, 2.24) is 10.6 Å². The van der Waals surface area contributed by atoms with Gasteiger partial charge in [0.25, 0.3) is 0 Å². The number of rotatable bonds is 5. The van der Waals surface area contributed by atoms with Crippen molar-refractivity contribution in [2.45, 2.75) is 19.0 Å². The van der Waals surface area contributed by atoms with E-state index in [9.17, 15) is 18.0 Å². The number of halogens is 3. The van der Waals surface area contributed by atoms with E-state index in [1.165, 1.54) is 0 Å². The Morgan fingerprint density at radius 2 is 2.00 bits per heavy atom. The summed E-state index contributed by atoms with van der Waals surface area (Å²) in [6, 6.07) is 0. The maximum Gasteiger partial charge on any atom is 0.389 e. The first-order valence-corrected chi connectivity index (χ1v) is 3.94. The second-order valence-electron chi connectivity index (χ2n) is 2.60. The van der Waals surface area contributed by atoms with Crippen LogP contribution in [0.2, 0.25) is 0 Å². The van der Waals surface area contributed by atoms with E-state index >= 15 is 0 Å². The lowest BCUT2D eigenvalue weighted by atomic mass is 10.3. The van der Waals surface area contributed by atoms with Crippen molar-refractivity contribution >= 4 is 5.91 Å². The second-order valence-corrected chi connectivity index (χ2v) is 2.60. The minimum Gasteiger partial charge on any atom is -0.355 e. The van der Waals surface area contributed by atoms with E-state index in [-0.39, 0.29) is 25.4 Å². The van der Waals surface area contributed by atoms with Gasteiger partial charge in [-0.25, -0.2) is 0 Å². The monoisotopic (exact) mass is 198 g/mol. The maximum absolute atomic E-state index is 11.6. The van der Waals surface area contributed by atoms with Gasteiger partial charge in [-0.3, -0.25) is 4.79 Å². The molecule has 0 aliphatic rings. The van der Waals surface area contributed by atoms with Crippen molar-refractivity contribution in [3.8, 4) is 0 Å². The van der Waals surface area contributed by atoms with E-state index in [1.54, 1.807) is 7.05 Å². The van der Waals surface area contributed by atoms with Crippen LogP contribution in [0, 0.1) is 0 Å². The summed E-state index contributed by atoms with van der Waals surface area (Å²) in [6.45, 7) is 0.200. The van der Waals surface area contributed by atoms with Gasteiger partial charge in [0.2, 0.25) is 5.91 Å². The molecule has 13 heavy (non-hydrogen) atoms. The molecule has 0 heterocycles. The highest BCUT2D eigenvalue weighted by atomic mass is 19.4. The fourth-order valence-electron chi connectivity index (χ4n) is 0.740. The lowest BCUT2D eigenvalue weighted by Crippen LogP contribution is -2.33. The molecule has 0 atom stereocenters. The molecular formula is C7H13F3N2O. The van der Waals surface area contributed by atoms with Gasteiger partial charge in [0.05, 0.1) is 6.54 Å². The molecule has 0 fully saturated rings. The Kier molecular flexibility index (Phi) is 5.45. The lowest BCUT2D eigenvalue weighted by molar-refractivity contribution is -0.136. The van der Waals surface area contributed by atoms with Gasteiger partial charge in [0.1, 0.15) is 0 Å². The minimum absolute atomic E-state index is 0.0695. The van der Waals surface area contributed by atoms with Crippen molar-refractivity contribution < 1.29 is 18.0 Å². The molecule has 2 N–H and O–H groups in total. The molecular weight excluding hydrogens is 185 g/mol. The molecule has 0 aliphatic carbocycles. The van der Waals surface area contributed by atoms with E-state index in [2.05, 4.69) is 10.6 Å². The number of likely N-dealkylation sites (N-methyl/N-ethyl adjacent to an activating group) is 1. The number of hydrogen-bond acceptors (Lipinski definition) is 2. The SMILES string of the molecule is CNCC(=O)NCCCC(F)(F)F. The fourth-order valence-corrected chi connectivity index (χ4v) is 0.740. The first-order valence-electron chi connectivity index (χ1n) is 3.94. The Bertz CT molecular complexity index is 158. The molecule has 0 spiro atoms. The largest absolute Gasteiger partial charge is 0.389 e. The van der Waals surface area contributed by atoms with Gasteiger partial charge in [-0.05, 0) is 13.5 Å². The molecule has 0 aliphatic heterocycles. The Morgan fingerprint density at radius 3 is 2.46 bits per heavy atom. The summed E-state index contributed by atoms with van der Waals surface area (Å²) in [7, 11) is 1.59. The third-order valence-electron chi connectivity index (χ3n) is 1.30. The topological polar surface area (TPSA) is 41.1 Å². The van der Waals surface area contributed by atoms with Crippen molar-refractivity contribution in [3.05, 3.63) is 0 Å². The van der Waals surface area contributed by atoms with E-state index < -0.39 is 12.6 Å². The highest BCUT2D eigenvalue weighted by Gasteiger charge is 2.25. The smallest absolute Gasteiger partial charge is 0.355 e. The summed E-state index contributed by atoms with van der Waals surface area (Å²) < 4.78 is 34.8. The zero-order chi connectivity index (χ0) is 10.3. The lowest BCUT2D eigenvalue weighted by Gasteiger charge is -2.06. The number of carbonyl (C=O) groups is 1. The summed E-state index contributed by atoms with van der Waals surface area (Å²) in [5, 5.41) is 4.95. The van der Waals surface area contributed by atoms with Gasteiger partial charge < -0.3 is 10.6 Å². The number of amides is 1. The summed E-state index contributed by atoms with van der Waals surface area (Å²) in [6.07, 6.45) is -5.06. The third kappa shape index (κ3) is 9.13. The number of hydrogen-bond donors (Lipinski definition) is 2. The molecule has 0 aromatic heterocycles. The molecule has 0 unspecified atom stereocenters. The third-order valence-corrected chi connectivity index (χ3v) is 1.30. The standard InChI is InChI=1S/C7H13F3N2O/c1-11-5-6(13)12-4-2-3-7(8,9)10/h11H,2-5H2,1H3,(H,12,13). The summed E-state index contributed by atoms with van der Waals surface area (Å²) in [5.74, 6) is -0.287. The van der Waals surface area contributed by atoms with Gasteiger partial charge in [0.15, 0.2) is 0 Å². The van der Waals surface area contributed by atoms with Gasteiger partial charge in [-0.1, -0.05) is 0 Å². The van der Waals surface area contributed by atoms with Crippen molar-refractivity contribution in [2.75, 3.05) is 20.1 Å². The Balaban J connectivity index is 3.31. The van der Waals surface area contributed by atoms with Gasteiger partial charge >= 0.3 is 6.18 Å². The summed E-state index contributed by atoms with van der Waals surface area (Å²) >= 11 is 0. The van der Waals surface area contributed by atoms with Crippen molar-refractivity contribution in [2.24, 2.45) is 0 Å². The average Bonchev–Trinajstić information content (AvgIpc) is 1.97. The number of alkyl halides is 3. The van der Waals surface area contributed by atoms with Crippen LogP contribution in [0.1, 0.15) is 12.8 Å². The molecule has 0 saturated carbocycles. The Morgan fingerprint density at radius 1 is 1.38 bits per heavy atom. The molecule has 3 nitrogen and oxygen atoms in total. The molecule has 6 heteroatoms. The summed E-state index contributed by atoms with van der Waals surface area (Å²) in [5.41, 5.74) is 0. The van der Waals surface area contributed by atoms with Crippen LogP contribution in [0.3, 0.4) is 0 Å². The normalized spacial score (nSPS) is 11.4. The average molecular weight is 198 g/mol. The van der Waals surface area contributed by atoms with Crippen molar-refractivity contribution in [3.63, 3.8) is 0 Å². The second kappa shape index (κ2) is 5.80. The van der Waals surface area contributed by atoms with E-state index in [4.69, 9.17) is 0 Å². The summed E-state index contributed by atoms with van der Waals surface area (Å²) in [4.78, 5) is 10.7. The van der Waals surface area contributed by atoms with Gasteiger partial charge in [-0.15, -0.1) is 0 Å². The fraction of sp³-hybridized carbons (Fsp3) is 0.857. The Hall–Kier alpha value is -0.780. The zero-order valence-electron chi connectivity index (χ0n) is 7.37. The highest BCUT2D eigenvalue weighted by molar-refractivity contribution is 5.77. The predicted molar refractivity (Wildman–Crippen MR) is 42.2 cm³/mol. The van der Waals surface area contributed by atoms with Crippen LogP contribution in [0.4, 0.5) is 13.2 Å². The van der Waals surface area contributed by atoms with Gasteiger partial charge in [-0.2, -0.15) is 13.2 Å². The van der Waals surface area contributed by atoms with Crippen LogP contribution < -0.4 is 10.6 Å². The number of carbonyl (C=O) groups excluding carboxylic acids is 1. The van der Waals surface area contributed by atoms with Gasteiger partial charge in [0, 0.05) is 13.0 Å². The van der Waals surface area contributed by atoms with E-state index in [0.29, 0.717) is 0 Å². The highest BCUT2D eigenvalue weighted by Crippen LogP contribution is 2.20. The maximum atomic E-state index is 11.6. The van der Waals surface area contributed by atoms with E-state index in [0.717, 1.165) is 0 Å². The van der Waals surface area contributed by atoms with Crippen LogP contribution in [-0.2, 0) is 4.79 Å². The molecule has 1 amide bonds. The van der Waals surface area contributed by atoms with Crippen LogP contribution in [0.5, 0.6) is 0 Å². The first-order chi connectivity index (χ1) is 5.95. The first kappa shape index (κ1) is 12.2. The van der Waals surface area contributed by atoms with E-state index in [1.807, 2.05) is 0 Å². The molecule has 0 aromatic carbocycles. The molecule has 0 rings (SSSR count). The number of nitrogens with one attached hydrogen (secondary N) is 2. The molecule has 78 valence electrons. The molecule has 0 radical (unpaired) electrons.